The van der Waals surface area contributed by atoms with Gasteiger partial charge in [-0.1, -0.05) is 53.5 Å². The van der Waals surface area contributed by atoms with E-state index in [0.29, 0.717) is 21.4 Å². The maximum absolute atomic E-state index is 13.3. The van der Waals surface area contributed by atoms with Gasteiger partial charge in [0.25, 0.3) is 5.91 Å². The second-order valence-electron chi connectivity index (χ2n) is 7.75. The first-order valence-corrected chi connectivity index (χ1v) is 12.4. The van der Waals surface area contributed by atoms with Gasteiger partial charge in [0.15, 0.2) is 0 Å². The van der Waals surface area contributed by atoms with Gasteiger partial charge in [-0.3, -0.25) is 4.79 Å². The molecule has 1 amide bonds. The Morgan fingerprint density at radius 3 is 2.21 bits per heavy atom. The van der Waals surface area contributed by atoms with Gasteiger partial charge in [0.1, 0.15) is 5.75 Å². The molecule has 1 N–H and O–H groups in total. The molecule has 0 aliphatic carbocycles. The molecule has 3 aromatic rings. The smallest absolute Gasteiger partial charge is 0.251 e. The average molecular weight is 505 g/mol. The van der Waals surface area contributed by atoms with Crippen LogP contribution in [0.1, 0.15) is 21.8 Å². The Morgan fingerprint density at radius 2 is 1.61 bits per heavy atom. The summed E-state index contributed by atoms with van der Waals surface area (Å²) in [6, 6.07) is 20.0. The van der Waals surface area contributed by atoms with Gasteiger partial charge in [-0.05, 0) is 48.0 Å². The summed E-state index contributed by atoms with van der Waals surface area (Å²) < 4.78 is 33.2. The molecule has 0 unspecified atom stereocenters. The minimum absolute atomic E-state index is 0.133. The van der Waals surface area contributed by atoms with Crippen molar-refractivity contribution >= 4 is 39.1 Å². The summed E-state index contributed by atoms with van der Waals surface area (Å²) >= 11 is 12.1. The van der Waals surface area contributed by atoms with E-state index in [1.165, 1.54) is 35.7 Å². The highest BCUT2D eigenvalue weighted by atomic mass is 35.5. The molecule has 1 aliphatic heterocycles. The molecule has 2 atom stereocenters. The van der Waals surface area contributed by atoms with Crippen molar-refractivity contribution in [2.24, 2.45) is 0 Å². The van der Waals surface area contributed by atoms with Gasteiger partial charge in [0.2, 0.25) is 10.0 Å². The highest BCUT2D eigenvalue weighted by Crippen LogP contribution is 2.32. The summed E-state index contributed by atoms with van der Waals surface area (Å²) in [5.74, 6) is -0.0188. The van der Waals surface area contributed by atoms with Crippen molar-refractivity contribution in [2.45, 2.75) is 16.9 Å². The maximum atomic E-state index is 13.3. The molecule has 9 heteroatoms. The molecule has 4 rings (SSSR count). The Hall–Kier alpha value is -2.58. The zero-order valence-electron chi connectivity index (χ0n) is 17.7. The lowest BCUT2D eigenvalue weighted by Gasteiger charge is -2.20. The third-order valence-corrected chi connectivity index (χ3v) is 7.93. The molecule has 1 saturated heterocycles. The molecule has 0 radical (unpaired) electrons. The minimum Gasteiger partial charge on any atom is -0.497 e. The van der Waals surface area contributed by atoms with Crippen molar-refractivity contribution in [3.8, 4) is 5.75 Å². The quantitative estimate of drug-likeness (QED) is 0.532. The van der Waals surface area contributed by atoms with Crippen molar-refractivity contribution < 1.29 is 17.9 Å². The average Bonchev–Trinajstić information content (AvgIpc) is 3.23. The number of ether oxygens (including phenoxy) is 1. The highest BCUT2D eigenvalue weighted by molar-refractivity contribution is 7.89. The lowest BCUT2D eigenvalue weighted by atomic mass is 9.94. The number of hydrogen-bond donors (Lipinski definition) is 1. The second-order valence-corrected chi connectivity index (χ2v) is 10.6. The number of halogens is 2. The van der Waals surface area contributed by atoms with E-state index in [2.05, 4.69) is 5.32 Å². The van der Waals surface area contributed by atoms with E-state index in [1.807, 2.05) is 30.3 Å². The van der Waals surface area contributed by atoms with E-state index in [0.717, 1.165) is 5.56 Å². The van der Waals surface area contributed by atoms with E-state index >= 15 is 0 Å². The number of rotatable bonds is 6. The van der Waals surface area contributed by atoms with E-state index in [4.69, 9.17) is 27.9 Å². The van der Waals surface area contributed by atoms with Gasteiger partial charge in [-0.25, -0.2) is 8.42 Å². The van der Waals surface area contributed by atoms with Crippen molar-refractivity contribution in [2.75, 3.05) is 20.2 Å². The molecule has 3 aromatic carbocycles. The van der Waals surface area contributed by atoms with Gasteiger partial charge < -0.3 is 10.1 Å². The molecule has 0 aromatic heterocycles. The van der Waals surface area contributed by atoms with E-state index < -0.39 is 16.1 Å². The first kappa shape index (κ1) is 23.6. The van der Waals surface area contributed by atoms with Gasteiger partial charge >= 0.3 is 0 Å². The predicted octanol–water partition coefficient (Wildman–Crippen LogP) is 4.59. The van der Waals surface area contributed by atoms with Crippen LogP contribution in [0.5, 0.6) is 5.75 Å². The number of benzene rings is 3. The second kappa shape index (κ2) is 9.73. The minimum atomic E-state index is -3.77. The van der Waals surface area contributed by atoms with Crippen LogP contribution in [-0.2, 0) is 10.0 Å². The van der Waals surface area contributed by atoms with Gasteiger partial charge in [-0.15, -0.1) is 0 Å². The fourth-order valence-corrected chi connectivity index (χ4v) is 6.00. The molecule has 1 heterocycles. The van der Waals surface area contributed by atoms with Crippen molar-refractivity contribution in [1.82, 2.24) is 9.62 Å². The summed E-state index contributed by atoms with van der Waals surface area (Å²) in [4.78, 5) is 13.1. The molecular weight excluding hydrogens is 483 g/mol. The summed E-state index contributed by atoms with van der Waals surface area (Å²) in [7, 11) is -2.24. The van der Waals surface area contributed by atoms with Crippen molar-refractivity contribution in [1.29, 1.82) is 0 Å². The van der Waals surface area contributed by atoms with Crippen LogP contribution in [0.4, 0.5) is 0 Å². The molecule has 172 valence electrons. The number of sulfonamides is 1. The summed E-state index contributed by atoms with van der Waals surface area (Å²) in [6.45, 7) is 0.369. The zero-order valence-corrected chi connectivity index (χ0v) is 20.1. The summed E-state index contributed by atoms with van der Waals surface area (Å²) in [6.07, 6.45) is 0. The number of methoxy groups -OCH3 is 1. The van der Waals surface area contributed by atoms with Crippen LogP contribution in [0.2, 0.25) is 10.0 Å². The Kier molecular flexibility index (Phi) is 6.95. The Balaban J connectivity index is 1.62. The first-order valence-electron chi connectivity index (χ1n) is 10.2. The summed E-state index contributed by atoms with van der Waals surface area (Å²) in [5.41, 5.74) is 1.26. The standard InChI is InChI=1S/C24H22Cl2N2O4S/c1-32-20-7-9-21(10-8-20)33(30,31)28-14-22(16-5-3-2-4-6-16)23(15-28)27-24(29)17-11-18(25)13-19(26)12-17/h2-13,22-23H,14-15H2,1H3,(H,27,29)/t22-,23+/m1/s1. The van der Waals surface area contributed by atoms with Crippen LogP contribution in [-0.4, -0.2) is 44.9 Å². The van der Waals surface area contributed by atoms with Crippen molar-refractivity contribution in [3.05, 3.63) is 94.0 Å². The Labute approximate surface area is 203 Å². The normalized spacial score (nSPS) is 18.8. The van der Waals surface area contributed by atoms with Crippen LogP contribution in [0.25, 0.3) is 0 Å². The monoisotopic (exact) mass is 504 g/mol. The van der Waals surface area contributed by atoms with E-state index in [9.17, 15) is 13.2 Å². The molecule has 1 aliphatic rings. The van der Waals surface area contributed by atoms with Gasteiger partial charge in [0, 0.05) is 34.6 Å². The zero-order chi connectivity index (χ0) is 23.6. The third kappa shape index (κ3) is 5.17. The predicted molar refractivity (Wildman–Crippen MR) is 129 cm³/mol. The molecule has 0 bridgehead atoms. The fraction of sp³-hybridized carbons (Fsp3) is 0.208. The molecule has 33 heavy (non-hydrogen) atoms. The maximum Gasteiger partial charge on any atom is 0.251 e. The Bertz CT molecular complexity index is 1230. The van der Waals surface area contributed by atoms with Crippen LogP contribution in [0.3, 0.4) is 0 Å². The molecule has 1 fully saturated rings. The molecule has 0 spiro atoms. The first-order chi connectivity index (χ1) is 15.8. The van der Waals surface area contributed by atoms with Crippen molar-refractivity contribution in [3.63, 3.8) is 0 Å². The van der Waals surface area contributed by atoms with Crippen LogP contribution >= 0.6 is 23.2 Å². The number of nitrogens with one attached hydrogen (secondary N) is 1. The molecule has 0 saturated carbocycles. The van der Waals surface area contributed by atoms with E-state index in [-0.39, 0.29) is 29.8 Å². The molecular formula is C24H22Cl2N2O4S. The number of amides is 1. The summed E-state index contributed by atoms with van der Waals surface area (Å²) in [5, 5.41) is 3.69. The van der Waals surface area contributed by atoms with E-state index in [1.54, 1.807) is 18.2 Å². The number of carbonyl (C=O) groups excluding carboxylic acids is 1. The number of nitrogens with zero attached hydrogens (tertiary/aromatic N) is 1. The van der Waals surface area contributed by atoms with Gasteiger partial charge in [-0.2, -0.15) is 4.31 Å². The third-order valence-electron chi connectivity index (χ3n) is 5.65. The van der Waals surface area contributed by atoms with Crippen LogP contribution < -0.4 is 10.1 Å². The lowest BCUT2D eigenvalue weighted by molar-refractivity contribution is 0.0936. The fourth-order valence-electron chi connectivity index (χ4n) is 3.98. The largest absolute Gasteiger partial charge is 0.497 e. The van der Waals surface area contributed by atoms with Crippen LogP contribution in [0.15, 0.2) is 77.7 Å². The Morgan fingerprint density at radius 1 is 0.970 bits per heavy atom. The lowest BCUT2D eigenvalue weighted by Crippen LogP contribution is -2.40. The molecule has 6 nitrogen and oxygen atoms in total. The topological polar surface area (TPSA) is 75.7 Å². The SMILES string of the molecule is COc1ccc(S(=O)(=O)N2C[C@H](NC(=O)c3cc(Cl)cc(Cl)c3)[C@@H](c3ccccc3)C2)cc1. The number of hydrogen-bond acceptors (Lipinski definition) is 4. The highest BCUT2D eigenvalue weighted by Gasteiger charge is 2.41. The number of carbonyl (C=O) groups is 1. The van der Waals surface area contributed by atoms with Crippen LogP contribution in [0, 0.1) is 0 Å². The van der Waals surface area contributed by atoms with Gasteiger partial charge in [0.05, 0.1) is 18.0 Å².